The maximum absolute atomic E-state index is 11.6. The highest BCUT2D eigenvalue weighted by Crippen LogP contribution is 2.13. The van der Waals surface area contributed by atoms with E-state index in [1.807, 2.05) is 24.3 Å². The standard InChI is InChI=1S/C16H18N2O3/c1-20-14-9-7-13(8-10-14)4-2-6-16(19)18-17-12-15-5-3-11-21-15/h3,5,7-12H,2,4,6H2,1H3,(H,18,19)/b17-12+. The van der Waals surface area contributed by atoms with E-state index in [1.54, 1.807) is 25.5 Å². The number of benzene rings is 1. The number of hydrogen-bond donors (Lipinski definition) is 1. The van der Waals surface area contributed by atoms with Crippen LogP contribution in [-0.2, 0) is 11.2 Å². The summed E-state index contributed by atoms with van der Waals surface area (Å²) in [7, 11) is 1.64. The molecule has 0 saturated carbocycles. The van der Waals surface area contributed by atoms with Crippen molar-refractivity contribution >= 4 is 12.1 Å². The second kappa shape index (κ2) is 7.89. The number of hydrazone groups is 1. The lowest BCUT2D eigenvalue weighted by atomic mass is 10.1. The second-order valence-electron chi connectivity index (χ2n) is 4.51. The predicted octanol–water partition coefficient (Wildman–Crippen LogP) is 2.76. The molecule has 0 aliphatic rings. The first-order valence-corrected chi connectivity index (χ1v) is 6.76. The fourth-order valence-corrected chi connectivity index (χ4v) is 1.83. The highest BCUT2D eigenvalue weighted by atomic mass is 16.5. The molecule has 0 bridgehead atoms. The number of nitrogens with zero attached hydrogens (tertiary/aromatic N) is 1. The van der Waals surface area contributed by atoms with Crippen molar-refractivity contribution in [3.63, 3.8) is 0 Å². The van der Waals surface area contributed by atoms with E-state index in [2.05, 4.69) is 10.5 Å². The van der Waals surface area contributed by atoms with Crippen LogP contribution in [0.3, 0.4) is 0 Å². The van der Waals surface area contributed by atoms with Crippen LogP contribution in [0.15, 0.2) is 52.2 Å². The third-order valence-corrected chi connectivity index (χ3v) is 2.95. The van der Waals surface area contributed by atoms with Gasteiger partial charge in [-0.25, -0.2) is 5.43 Å². The molecular formula is C16H18N2O3. The van der Waals surface area contributed by atoms with Crippen molar-refractivity contribution in [1.29, 1.82) is 0 Å². The van der Waals surface area contributed by atoms with Crippen LogP contribution in [0, 0.1) is 0 Å². The van der Waals surface area contributed by atoms with Gasteiger partial charge in [0.25, 0.3) is 0 Å². The third kappa shape index (κ3) is 5.14. The largest absolute Gasteiger partial charge is 0.497 e. The molecule has 1 N–H and O–H groups in total. The second-order valence-corrected chi connectivity index (χ2v) is 4.51. The molecule has 1 aromatic heterocycles. The lowest BCUT2D eigenvalue weighted by Crippen LogP contribution is -2.17. The Morgan fingerprint density at radius 1 is 1.33 bits per heavy atom. The van der Waals surface area contributed by atoms with Gasteiger partial charge in [0.15, 0.2) is 0 Å². The Bertz CT molecular complexity index is 574. The number of ether oxygens (including phenoxy) is 1. The van der Waals surface area contributed by atoms with Gasteiger partial charge in [-0.2, -0.15) is 5.10 Å². The number of carbonyl (C=O) groups excluding carboxylic acids is 1. The average Bonchev–Trinajstić information content (AvgIpc) is 3.01. The van der Waals surface area contributed by atoms with Crippen LogP contribution in [0.1, 0.15) is 24.2 Å². The molecule has 5 heteroatoms. The molecule has 0 saturated heterocycles. The van der Waals surface area contributed by atoms with Crippen molar-refractivity contribution in [1.82, 2.24) is 5.43 Å². The minimum atomic E-state index is -0.105. The smallest absolute Gasteiger partial charge is 0.240 e. The Morgan fingerprint density at radius 3 is 2.81 bits per heavy atom. The van der Waals surface area contributed by atoms with E-state index in [0.717, 1.165) is 18.6 Å². The highest BCUT2D eigenvalue weighted by Gasteiger charge is 2.01. The minimum Gasteiger partial charge on any atom is -0.497 e. The summed E-state index contributed by atoms with van der Waals surface area (Å²) in [6.45, 7) is 0. The van der Waals surface area contributed by atoms with Crippen molar-refractivity contribution in [3.05, 3.63) is 54.0 Å². The summed E-state index contributed by atoms with van der Waals surface area (Å²) in [6.07, 6.45) is 5.08. The van der Waals surface area contributed by atoms with Crippen molar-refractivity contribution in [2.75, 3.05) is 7.11 Å². The first kappa shape index (κ1) is 14.8. The number of aryl methyl sites for hydroxylation is 1. The Kier molecular flexibility index (Phi) is 5.58. The van der Waals surface area contributed by atoms with Crippen LogP contribution >= 0.6 is 0 Å². The lowest BCUT2D eigenvalue weighted by molar-refractivity contribution is -0.121. The van der Waals surface area contributed by atoms with Crippen LogP contribution in [0.4, 0.5) is 0 Å². The summed E-state index contributed by atoms with van der Waals surface area (Å²) >= 11 is 0. The van der Waals surface area contributed by atoms with Gasteiger partial charge in [-0.1, -0.05) is 12.1 Å². The Labute approximate surface area is 123 Å². The first-order chi connectivity index (χ1) is 10.3. The number of carbonyl (C=O) groups is 1. The molecule has 1 amide bonds. The summed E-state index contributed by atoms with van der Waals surface area (Å²) in [5, 5.41) is 3.83. The number of methoxy groups -OCH3 is 1. The molecule has 21 heavy (non-hydrogen) atoms. The van der Waals surface area contributed by atoms with Crippen molar-refractivity contribution in [3.8, 4) is 5.75 Å². The molecule has 2 aromatic rings. The van der Waals surface area contributed by atoms with Gasteiger partial charge in [0.1, 0.15) is 11.5 Å². The summed E-state index contributed by atoms with van der Waals surface area (Å²) in [4.78, 5) is 11.6. The summed E-state index contributed by atoms with van der Waals surface area (Å²) in [6, 6.07) is 11.4. The average molecular weight is 286 g/mol. The molecule has 0 radical (unpaired) electrons. The lowest BCUT2D eigenvalue weighted by Gasteiger charge is -2.03. The van der Waals surface area contributed by atoms with E-state index >= 15 is 0 Å². The molecule has 5 nitrogen and oxygen atoms in total. The number of rotatable bonds is 7. The van der Waals surface area contributed by atoms with Crippen LogP contribution in [-0.4, -0.2) is 19.2 Å². The zero-order valence-electron chi connectivity index (χ0n) is 11.9. The maximum atomic E-state index is 11.6. The topological polar surface area (TPSA) is 63.8 Å². The minimum absolute atomic E-state index is 0.105. The van der Waals surface area contributed by atoms with Crippen LogP contribution in [0.5, 0.6) is 5.75 Å². The van der Waals surface area contributed by atoms with Crippen molar-refractivity contribution in [2.24, 2.45) is 5.10 Å². The van der Waals surface area contributed by atoms with E-state index in [-0.39, 0.29) is 5.91 Å². The summed E-state index contributed by atoms with van der Waals surface area (Å²) < 4.78 is 10.2. The zero-order chi connectivity index (χ0) is 14.9. The van der Waals surface area contributed by atoms with E-state index in [9.17, 15) is 4.79 Å². The molecule has 0 unspecified atom stereocenters. The van der Waals surface area contributed by atoms with Crippen LogP contribution in [0.2, 0.25) is 0 Å². The SMILES string of the molecule is COc1ccc(CCCC(=O)N/N=C/c2ccco2)cc1. The van der Waals surface area contributed by atoms with Crippen molar-refractivity contribution in [2.45, 2.75) is 19.3 Å². The summed E-state index contributed by atoms with van der Waals surface area (Å²) in [5.41, 5.74) is 3.66. The molecule has 0 aliphatic carbocycles. The van der Waals surface area contributed by atoms with Crippen LogP contribution < -0.4 is 10.2 Å². The zero-order valence-corrected chi connectivity index (χ0v) is 11.9. The summed E-state index contributed by atoms with van der Waals surface area (Å²) in [5.74, 6) is 1.34. The normalized spacial score (nSPS) is 10.7. The molecule has 0 aliphatic heterocycles. The van der Waals surface area contributed by atoms with Gasteiger partial charge in [-0.05, 0) is 42.7 Å². The monoisotopic (exact) mass is 286 g/mol. The highest BCUT2D eigenvalue weighted by molar-refractivity contribution is 5.80. The van der Waals surface area contributed by atoms with Gasteiger partial charge in [0.2, 0.25) is 5.91 Å². The third-order valence-electron chi connectivity index (χ3n) is 2.95. The molecule has 2 rings (SSSR count). The van der Waals surface area contributed by atoms with Gasteiger partial charge in [-0.3, -0.25) is 4.79 Å². The Morgan fingerprint density at radius 2 is 2.14 bits per heavy atom. The van der Waals surface area contributed by atoms with Gasteiger partial charge in [-0.15, -0.1) is 0 Å². The van der Waals surface area contributed by atoms with Gasteiger partial charge in [0.05, 0.1) is 19.6 Å². The van der Waals surface area contributed by atoms with E-state index in [1.165, 1.54) is 11.8 Å². The molecule has 0 fully saturated rings. The maximum Gasteiger partial charge on any atom is 0.240 e. The molecule has 1 aromatic carbocycles. The van der Waals surface area contributed by atoms with Gasteiger partial charge < -0.3 is 9.15 Å². The van der Waals surface area contributed by atoms with E-state index in [0.29, 0.717) is 12.2 Å². The molecular weight excluding hydrogens is 268 g/mol. The number of hydrogen-bond acceptors (Lipinski definition) is 4. The van der Waals surface area contributed by atoms with E-state index in [4.69, 9.17) is 9.15 Å². The fraction of sp³-hybridized carbons (Fsp3) is 0.250. The van der Waals surface area contributed by atoms with Crippen LogP contribution in [0.25, 0.3) is 0 Å². The predicted molar refractivity (Wildman–Crippen MR) is 80.4 cm³/mol. The van der Waals surface area contributed by atoms with E-state index < -0.39 is 0 Å². The van der Waals surface area contributed by atoms with Gasteiger partial charge >= 0.3 is 0 Å². The number of furan rings is 1. The van der Waals surface area contributed by atoms with Crippen molar-refractivity contribution < 1.29 is 13.9 Å². The molecule has 0 atom stereocenters. The molecule has 1 heterocycles. The number of nitrogens with one attached hydrogen (secondary N) is 1. The quantitative estimate of drug-likeness (QED) is 0.629. The number of amides is 1. The molecule has 0 spiro atoms. The first-order valence-electron chi connectivity index (χ1n) is 6.76. The molecule has 110 valence electrons. The van der Waals surface area contributed by atoms with Gasteiger partial charge in [0, 0.05) is 6.42 Å². The Balaban J connectivity index is 1.66. The Hall–Kier alpha value is -2.56. The fourth-order valence-electron chi connectivity index (χ4n) is 1.83.